The first-order valence-electron chi connectivity index (χ1n) is 12.6. The number of urea groups is 1. The molecule has 3 aromatic rings. The van der Waals surface area contributed by atoms with E-state index in [1.165, 1.54) is 27.9 Å². The third kappa shape index (κ3) is 3.67. The van der Waals surface area contributed by atoms with Gasteiger partial charge in [0, 0.05) is 36.7 Å². The molecule has 8 nitrogen and oxygen atoms in total. The van der Waals surface area contributed by atoms with Crippen LogP contribution in [0, 0.1) is 11.6 Å². The Labute approximate surface area is 185 Å². The number of nitrogens with one attached hydrogen (secondary N) is 1. The van der Waals surface area contributed by atoms with Crippen LogP contribution in [0.5, 0.6) is 0 Å². The van der Waals surface area contributed by atoms with Crippen LogP contribution in [0.2, 0.25) is 0 Å². The lowest BCUT2D eigenvalue weighted by molar-refractivity contribution is 0.176. The van der Waals surface area contributed by atoms with Crippen LogP contribution in [0.3, 0.4) is 0 Å². The van der Waals surface area contributed by atoms with Gasteiger partial charge in [0.2, 0.25) is 0 Å². The zero-order valence-electron chi connectivity index (χ0n) is 22.1. The van der Waals surface area contributed by atoms with Crippen molar-refractivity contribution in [3.63, 3.8) is 0 Å². The SMILES string of the molecule is [2H]C1([2H])CCC(c2cc(F)ccc2F)N1c1ccn2ncc(NC(=O)N3C([2H])([2H])C[C@H](O)C3([2H])[2H])c2n1. The fraction of sp³-hybridized carbons (Fsp3) is 0.381. The highest BCUT2D eigenvalue weighted by atomic mass is 19.1. The van der Waals surface area contributed by atoms with Crippen LogP contribution in [-0.4, -0.2) is 56.2 Å². The number of aliphatic hydroxyl groups is 1. The van der Waals surface area contributed by atoms with Gasteiger partial charge in [0.05, 0.1) is 21.1 Å². The van der Waals surface area contributed by atoms with E-state index in [0.29, 0.717) is 0 Å². The molecule has 1 unspecified atom stereocenters. The summed E-state index contributed by atoms with van der Waals surface area (Å²) in [7, 11) is 0. The molecule has 0 radical (unpaired) electrons. The highest BCUT2D eigenvalue weighted by Crippen LogP contribution is 2.37. The Balaban J connectivity index is 1.51. The Hall–Kier alpha value is -3.27. The van der Waals surface area contributed by atoms with Crippen LogP contribution < -0.4 is 10.2 Å². The summed E-state index contributed by atoms with van der Waals surface area (Å²) in [5.74, 6) is -1.30. The van der Waals surface area contributed by atoms with Crippen LogP contribution in [-0.2, 0) is 0 Å². The second kappa shape index (κ2) is 7.77. The van der Waals surface area contributed by atoms with Gasteiger partial charge in [-0.3, -0.25) is 0 Å². The van der Waals surface area contributed by atoms with Crippen molar-refractivity contribution in [2.24, 2.45) is 0 Å². The number of β-amino-alcohol motifs (C(OH)–C–C–N with tert-alkyl or cyclic N) is 1. The molecule has 162 valence electrons. The second-order valence-corrected chi connectivity index (χ2v) is 7.13. The van der Waals surface area contributed by atoms with Gasteiger partial charge >= 0.3 is 6.03 Å². The predicted octanol–water partition coefficient (Wildman–Crippen LogP) is 2.95. The number of aromatic nitrogens is 3. The topological polar surface area (TPSA) is 86.0 Å². The van der Waals surface area contributed by atoms with Gasteiger partial charge in [-0.15, -0.1) is 0 Å². The average molecular weight is 434 g/mol. The summed E-state index contributed by atoms with van der Waals surface area (Å²) in [5, 5.41) is 16.3. The summed E-state index contributed by atoms with van der Waals surface area (Å²) in [6, 6.07) is 2.36. The van der Waals surface area contributed by atoms with Gasteiger partial charge in [0.15, 0.2) is 5.65 Å². The third-order valence-corrected chi connectivity index (χ3v) is 5.10. The van der Waals surface area contributed by atoms with Gasteiger partial charge < -0.3 is 20.2 Å². The number of hydrogen-bond donors (Lipinski definition) is 2. The first-order chi connectivity index (χ1) is 17.2. The Bertz CT molecular complexity index is 1390. The molecule has 2 aromatic heterocycles. The molecule has 5 rings (SSSR count). The Morgan fingerprint density at radius 1 is 1.26 bits per heavy atom. The van der Waals surface area contributed by atoms with Gasteiger partial charge in [-0.2, -0.15) is 5.10 Å². The highest BCUT2D eigenvalue weighted by molar-refractivity contribution is 5.93. The Morgan fingerprint density at radius 2 is 2.13 bits per heavy atom. The number of nitrogens with zero attached hydrogens (tertiary/aromatic N) is 5. The number of carbonyl (C=O) groups is 1. The molecular formula is C21H22F2N6O2. The van der Waals surface area contributed by atoms with Crippen molar-refractivity contribution in [3.05, 3.63) is 53.9 Å². The summed E-state index contributed by atoms with van der Waals surface area (Å²) < 4.78 is 78.5. The molecular weight excluding hydrogens is 406 g/mol. The van der Waals surface area contributed by atoms with Crippen molar-refractivity contribution in [1.82, 2.24) is 19.5 Å². The molecule has 2 amide bonds. The highest BCUT2D eigenvalue weighted by Gasteiger charge is 2.30. The number of fused-ring (bicyclic) bond motifs is 1. The van der Waals surface area contributed by atoms with Gasteiger partial charge in [-0.25, -0.2) is 23.1 Å². The summed E-state index contributed by atoms with van der Waals surface area (Å²) in [4.78, 5) is 18.8. The molecule has 0 aliphatic carbocycles. The van der Waals surface area contributed by atoms with Gasteiger partial charge in [0.25, 0.3) is 0 Å². The summed E-state index contributed by atoms with van der Waals surface area (Å²) in [6.45, 7) is -7.11. The zero-order chi connectivity index (χ0) is 26.9. The van der Waals surface area contributed by atoms with Crippen molar-refractivity contribution in [2.75, 3.05) is 29.7 Å². The average Bonchev–Trinajstić information content (AvgIpc) is 3.38. The van der Waals surface area contributed by atoms with E-state index in [9.17, 15) is 18.7 Å². The van der Waals surface area contributed by atoms with Gasteiger partial charge in [0.1, 0.15) is 23.1 Å². The largest absolute Gasteiger partial charge is 0.391 e. The molecule has 2 fully saturated rings. The molecule has 2 aliphatic heterocycles. The normalized spacial score (nSPS) is 29.0. The zero-order valence-corrected chi connectivity index (χ0v) is 16.1. The molecule has 10 heteroatoms. The van der Waals surface area contributed by atoms with Crippen molar-refractivity contribution in [1.29, 1.82) is 0 Å². The molecule has 4 heterocycles. The van der Waals surface area contributed by atoms with Crippen LogP contribution in [0.4, 0.5) is 25.1 Å². The van der Waals surface area contributed by atoms with E-state index < -0.39 is 55.7 Å². The predicted molar refractivity (Wildman–Crippen MR) is 110 cm³/mol. The van der Waals surface area contributed by atoms with E-state index in [-0.39, 0.29) is 40.5 Å². The second-order valence-electron chi connectivity index (χ2n) is 7.13. The van der Waals surface area contributed by atoms with E-state index in [4.69, 9.17) is 8.22 Å². The number of anilines is 2. The first-order valence-corrected chi connectivity index (χ1v) is 9.60. The molecule has 1 aromatic carbocycles. The maximum atomic E-state index is 14.6. The molecule has 2 N–H and O–H groups in total. The van der Waals surface area contributed by atoms with E-state index in [0.717, 1.165) is 18.2 Å². The van der Waals surface area contributed by atoms with Crippen molar-refractivity contribution in [3.8, 4) is 0 Å². The lowest BCUT2D eigenvalue weighted by Crippen LogP contribution is -2.33. The maximum absolute atomic E-state index is 14.6. The minimum absolute atomic E-state index is 0.0186. The molecule has 0 saturated carbocycles. The third-order valence-electron chi connectivity index (χ3n) is 5.10. The number of likely N-dealkylation sites (tertiary alicyclic amines) is 1. The number of aliphatic hydroxyl groups excluding tert-OH is 1. The van der Waals surface area contributed by atoms with Gasteiger partial charge in [-0.05, 0) is 43.5 Å². The fourth-order valence-corrected chi connectivity index (χ4v) is 3.67. The van der Waals surface area contributed by atoms with E-state index >= 15 is 0 Å². The monoisotopic (exact) mass is 434 g/mol. The summed E-state index contributed by atoms with van der Waals surface area (Å²) >= 11 is 0. The molecule has 0 bridgehead atoms. The standard InChI is InChI=1S/C21H22F2N6O2/c22-13-3-4-16(23)15(10-13)18-2-1-7-28(18)19-6-9-29-20(26-19)17(11-24-29)25-21(31)27-8-5-14(30)12-27/h3-4,6,9-11,14,18,30H,1-2,5,7-8,12H2,(H,25,31)/t14-,18?/m0/s1/i7D2,8D2,12D2. The van der Waals surface area contributed by atoms with Crippen LogP contribution in [0.1, 0.15) is 39.1 Å². The Kier molecular flexibility index (Phi) is 3.49. The van der Waals surface area contributed by atoms with Crippen LogP contribution in [0.25, 0.3) is 5.65 Å². The quantitative estimate of drug-likeness (QED) is 0.662. The van der Waals surface area contributed by atoms with Crippen molar-refractivity contribution < 1.29 is 26.9 Å². The summed E-state index contributed by atoms with van der Waals surface area (Å²) in [5.41, 5.74) is -0.0388. The molecule has 2 aliphatic rings. The number of rotatable bonds is 3. The van der Waals surface area contributed by atoms with Gasteiger partial charge in [-0.1, -0.05) is 0 Å². The smallest absolute Gasteiger partial charge is 0.322 e. The van der Waals surface area contributed by atoms with Crippen molar-refractivity contribution in [2.45, 2.75) is 31.4 Å². The molecule has 2 atom stereocenters. The lowest BCUT2D eigenvalue weighted by atomic mass is 10.0. The Morgan fingerprint density at radius 3 is 2.94 bits per heavy atom. The van der Waals surface area contributed by atoms with E-state index in [2.05, 4.69) is 15.4 Å². The first kappa shape index (κ1) is 13.9. The van der Waals surface area contributed by atoms with Crippen LogP contribution >= 0.6 is 0 Å². The number of hydrogen-bond acceptors (Lipinski definition) is 5. The minimum Gasteiger partial charge on any atom is -0.391 e. The minimum atomic E-state index is -2.68. The number of carbonyl (C=O) groups excluding carboxylic acids is 1. The number of benzene rings is 1. The van der Waals surface area contributed by atoms with Crippen LogP contribution in [0.15, 0.2) is 36.7 Å². The lowest BCUT2D eigenvalue weighted by Gasteiger charge is -2.26. The van der Waals surface area contributed by atoms with Crippen molar-refractivity contribution >= 4 is 23.2 Å². The molecule has 31 heavy (non-hydrogen) atoms. The summed E-state index contributed by atoms with van der Waals surface area (Å²) in [6.07, 6.45) is 0.477. The molecule has 2 saturated heterocycles. The fourth-order valence-electron chi connectivity index (χ4n) is 3.67. The molecule has 0 spiro atoms. The van der Waals surface area contributed by atoms with E-state index in [1.807, 2.05) is 0 Å². The number of amides is 2. The number of halogens is 2. The van der Waals surface area contributed by atoms with E-state index in [1.54, 1.807) is 0 Å². The maximum Gasteiger partial charge on any atom is 0.322 e.